The second-order valence-corrected chi connectivity index (χ2v) is 1.82. The van der Waals surface area contributed by atoms with E-state index in [2.05, 4.69) is 0 Å². The summed E-state index contributed by atoms with van der Waals surface area (Å²) < 4.78 is 37.0. The number of halogens is 3. The fourth-order valence-corrected chi connectivity index (χ4v) is 0.621. The molecule has 0 aliphatic carbocycles. The standard InChI is InChI=1S/C7H2F3O/c8-5-1-2-6(9)7(10)4(5)3-11/h1-2H. The van der Waals surface area contributed by atoms with Crippen molar-refractivity contribution >= 4 is 6.29 Å². The molecule has 11 heavy (non-hydrogen) atoms. The van der Waals surface area contributed by atoms with Crippen molar-refractivity contribution in [3.63, 3.8) is 0 Å². The minimum absolute atomic E-state index is 0.603. The van der Waals surface area contributed by atoms with Crippen LogP contribution in [0.4, 0.5) is 13.2 Å². The van der Waals surface area contributed by atoms with Gasteiger partial charge in [-0.25, -0.2) is 13.2 Å². The highest BCUT2D eigenvalue weighted by atomic mass is 19.2. The Kier molecular flexibility index (Phi) is 1.94. The maximum absolute atomic E-state index is 12.4. The summed E-state index contributed by atoms with van der Waals surface area (Å²) in [5.74, 6) is -3.87. The van der Waals surface area contributed by atoms with Crippen molar-refractivity contribution in [2.45, 2.75) is 0 Å². The highest BCUT2D eigenvalue weighted by Crippen LogP contribution is 2.12. The van der Waals surface area contributed by atoms with E-state index in [9.17, 15) is 18.0 Å². The molecule has 0 bridgehead atoms. The van der Waals surface area contributed by atoms with Gasteiger partial charge in [0.1, 0.15) is 11.4 Å². The van der Waals surface area contributed by atoms with Crippen molar-refractivity contribution in [2.24, 2.45) is 0 Å². The average Bonchev–Trinajstić information content (AvgIpc) is 1.99. The van der Waals surface area contributed by atoms with Crippen LogP contribution in [0.15, 0.2) is 12.1 Å². The second kappa shape index (κ2) is 2.74. The van der Waals surface area contributed by atoms with Crippen molar-refractivity contribution in [3.8, 4) is 0 Å². The monoisotopic (exact) mass is 159 g/mol. The molecule has 0 unspecified atom stereocenters. The normalized spacial score (nSPS) is 9.73. The Balaban J connectivity index is 3.40. The molecule has 0 N–H and O–H groups in total. The van der Waals surface area contributed by atoms with E-state index in [-0.39, 0.29) is 0 Å². The summed E-state index contributed by atoms with van der Waals surface area (Å²) in [4.78, 5) is 9.83. The molecule has 0 fully saturated rings. The quantitative estimate of drug-likeness (QED) is 0.568. The van der Waals surface area contributed by atoms with Gasteiger partial charge >= 0.3 is 0 Å². The van der Waals surface area contributed by atoms with Crippen LogP contribution in [-0.4, -0.2) is 6.29 Å². The lowest BCUT2D eigenvalue weighted by atomic mass is 10.2. The molecule has 0 aliphatic rings. The molecule has 0 spiro atoms. The molecule has 0 amide bonds. The molecule has 0 saturated heterocycles. The van der Waals surface area contributed by atoms with Crippen molar-refractivity contribution in [1.82, 2.24) is 0 Å². The van der Waals surface area contributed by atoms with E-state index in [1.807, 2.05) is 0 Å². The van der Waals surface area contributed by atoms with E-state index in [0.29, 0.717) is 12.1 Å². The van der Waals surface area contributed by atoms with E-state index in [1.54, 1.807) is 0 Å². The summed E-state index contributed by atoms with van der Waals surface area (Å²) in [5, 5.41) is 0. The molecular weight excluding hydrogens is 157 g/mol. The van der Waals surface area contributed by atoms with Gasteiger partial charge in [-0.15, -0.1) is 0 Å². The van der Waals surface area contributed by atoms with Gasteiger partial charge in [0, 0.05) is 0 Å². The molecule has 1 rings (SSSR count). The van der Waals surface area contributed by atoms with E-state index in [4.69, 9.17) is 0 Å². The third kappa shape index (κ3) is 1.24. The van der Waals surface area contributed by atoms with E-state index >= 15 is 0 Å². The molecule has 0 aromatic heterocycles. The maximum atomic E-state index is 12.4. The molecule has 1 aromatic rings. The maximum Gasteiger partial charge on any atom is 0.239 e. The summed E-state index contributed by atoms with van der Waals surface area (Å²) in [6.07, 6.45) is 0.964. The average molecular weight is 159 g/mol. The fraction of sp³-hybridized carbons (Fsp3) is 0. The first kappa shape index (κ1) is 7.78. The van der Waals surface area contributed by atoms with Gasteiger partial charge in [-0.1, -0.05) is 0 Å². The van der Waals surface area contributed by atoms with Crippen LogP contribution < -0.4 is 0 Å². The Morgan fingerprint density at radius 1 is 1.09 bits per heavy atom. The summed E-state index contributed by atoms with van der Waals surface area (Å²) >= 11 is 0. The first-order valence-electron chi connectivity index (χ1n) is 2.68. The molecule has 0 aliphatic heterocycles. The lowest BCUT2D eigenvalue weighted by Gasteiger charge is -1.95. The first-order chi connectivity index (χ1) is 5.16. The van der Waals surface area contributed by atoms with Crippen LogP contribution in [-0.2, 0) is 4.79 Å². The smallest absolute Gasteiger partial charge is 0.239 e. The van der Waals surface area contributed by atoms with Crippen molar-refractivity contribution in [1.29, 1.82) is 0 Å². The lowest BCUT2D eigenvalue weighted by Crippen LogP contribution is -1.96. The third-order valence-corrected chi connectivity index (χ3v) is 1.15. The number of rotatable bonds is 1. The van der Waals surface area contributed by atoms with Crippen LogP contribution in [0.2, 0.25) is 0 Å². The Labute approximate surface area is 60.5 Å². The highest BCUT2D eigenvalue weighted by Gasteiger charge is 2.12. The molecule has 0 saturated carbocycles. The number of carbonyl (C=O) groups excluding carboxylic acids is 1. The molecular formula is C7H2F3O. The largest absolute Gasteiger partial charge is 0.285 e. The van der Waals surface area contributed by atoms with E-state index in [0.717, 1.165) is 6.29 Å². The van der Waals surface area contributed by atoms with Crippen LogP contribution in [0.1, 0.15) is 5.56 Å². The van der Waals surface area contributed by atoms with Gasteiger partial charge in [0.05, 0.1) is 0 Å². The van der Waals surface area contributed by atoms with Gasteiger partial charge in [0.25, 0.3) is 0 Å². The summed E-state index contributed by atoms with van der Waals surface area (Å²) in [6, 6.07) is 1.27. The van der Waals surface area contributed by atoms with Crippen LogP contribution in [0.5, 0.6) is 0 Å². The molecule has 57 valence electrons. The number of hydrogen-bond donors (Lipinski definition) is 0. The zero-order valence-corrected chi connectivity index (χ0v) is 5.20. The Morgan fingerprint density at radius 3 is 2.09 bits per heavy atom. The molecule has 1 radical (unpaired) electrons. The van der Waals surface area contributed by atoms with Crippen LogP contribution in [0.3, 0.4) is 0 Å². The fourth-order valence-electron chi connectivity index (χ4n) is 0.621. The van der Waals surface area contributed by atoms with E-state index in [1.165, 1.54) is 0 Å². The zero-order valence-electron chi connectivity index (χ0n) is 5.20. The minimum atomic E-state index is -1.50. The van der Waals surface area contributed by atoms with Gasteiger partial charge in [-0.3, -0.25) is 4.79 Å². The van der Waals surface area contributed by atoms with Crippen LogP contribution in [0.25, 0.3) is 0 Å². The van der Waals surface area contributed by atoms with E-state index < -0.39 is 23.0 Å². The topological polar surface area (TPSA) is 17.1 Å². The van der Waals surface area contributed by atoms with Gasteiger partial charge in [-0.05, 0) is 12.1 Å². The molecule has 0 atom stereocenters. The minimum Gasteiger partial charge on any atom is -0.285 e. The zero-order chi connectivity index (χ0) is 8.43. The second-order valence-electron chi connectivity index (χ2n) is 1.82. The molecule has 4 heteroatoms. The molecule has 0 heterocycles. The molecule has 1 aromatic carbocycles. The first-order valence-corrected chi connectivity index (χ1v) is 2.68. The van der Waals surface area contributed by atoms with Crippen molar-refractivity contribution in [3.05, 3.63) is 35.1 Å². The van der Waals surface area contributed by atoms with Gasteiger partial charge in [-0.2, -0.15) is 0 Å². The van der Waals surface area contributed by atoms with Crippen molar-refractivity contribution in [2.75, 3.05) is 0 Å². The van der Waals surface area contributed by atoms with Gasteiger partial charge in [0.2, 0.25) is 6.29 Å². The highest BCUT2D eigenvalue weighted by molar-refractivity contribution is 5.76. The predicted molar refractivity (Wildman–Crippen MR) is 31.1 cm³/mol. The van der Waals surface area contributed by atoms with Crippen LogP contribution in [0, 0.1) is 17.5 Å². The SMILES string of the molecule is O=[C]c1c(F)ccc(F)c1F. The molecule has 1 nitrogen and oxygen atoms in total. The van der Waals surface area contributed by atoms with Gasteiger partial charge < -0.3 is 0 Å². The van der Waals surface area contributed by atoms with Crippen LogP contribution >= 0.6 is 0 Å². The Bertz CT molecular complexity index is 296. The van der Waals surface area contributed by atoms with Crippen molar-refractivity contribution < 1.29 is 18.0 Å². The summed E-state index contributed by atoms with van der Waals surface area (Å²) in [7, 11) is 0. The predicted octanol–water partition coefficient (Wildman–Crippen LogP) is 1.56. The number of benzene rings is 1. The summed E-state index contributed by atoms with van der Waals surface area (Å²) in [5.41, 5.74) is -0.995. The Hall–Kier alpha value is -1.32. The third-order valence-electron chi connectivity index (χ3n) is 1.15. The lowest BCUT2D eigenvalue weighted by molar-refractivity contribution is 0.486. The number of hydrogen-bond acceptors (Lipinski definition) is 1. The Morgan fingerprint density at radius 2 is 1.64 bits per heavy atom. The van der Waals surface area contributed by atoms with Gasteiger partial charge in [0.15, 0.2) is 11.6 Å². The summed E-state index contributed by atoms with van der Waals surface area (Å²) in [6.45, 7) is 0.